The number of halogens is 1. The average molecular weight is 260 g/mol. The Balaban J connectivity index is 1.97. The number of hydrogen-bond acceptors (Lipinski definition) is 3. The minimum absolute atomic E-state index is 0.568. The zero-order chi connectivity index (χ0) is 12.5. The summed E-state index contributed by atoms with van der Waals surface area (Å²) in [7, 11) is 0. The Bertz CT molecular complexity index is 558. The molecule has 0 unspecified atom stereocenters. The van der Waals surface area contributed by atoms with E-state index < -0.39 is 0 Å². The molecule has 0 fully saturated rings. The highest BCUT2D eigenvalue weighted by Gasteiger charge is 2.22. The quantitative estimate of drug-likeness (QED) is 0.776. The van der Waals surface area contributed by atoms with Crippen LogP contribution >= 0.6 is 11.6 Å². The Hall–Kier alpha value is -1.61. The Kier molecular flexibility index (Phi) is 2.92. The summed E-state index contributed by atoms with van der Waals surface area (Å²) in [5, 5.41) is 0.568. The molecule has 4 heteroatoms. The van der Waals surface area contributed by atoms with Gasteiger partial charge < -0.3 is 4.90 Å². The fourth-order valence-corrected chi connectivity index (χ4v) is 2.70. The van der Waals surface area contributed by atoms with Gasteiger partial charge in [0.05, 0.1) is 0 Å². The van der Waals surface area contributed by atoms with Gasteiger partial charge in [0.15, 0.2) is 0 Å². The lowest BCUT2D eigenvalue weighted by Crippen LogP contribution is -2.18. The van der Waals surface area contributed by atoms with Gasteiger partial charge in [0, 0.05) is 18.7 Å². The van der Waals surface area contributed by atoms with Crippen molar-refractivity contribution in [3.05, 3.63) is 52.4 Å². The van der Waals surface area contributed by atoms with Gasteiger partial charge in [0.2, 0.25) is 0 Å². The number of fused-ring (bicyclic) bond motifs is 1. The Morgan fingerprint density at radius 3 is 2.44 bits per heavy atom. The second-order valence-electron chi connectivity index (χ2n) is 4.44. The van der Waals surface area contributed by atoms with Crippen LogP contribution in [-0.4, -0.2) is 9.97 Å². The van der Waals surface area contributed by atoms with E-state index in [1.165, 1.54) is 11.1 Å². The summed E-state index contributed by atoms with van der Waals surface area (Å²) in [6.07, 6.45) is 2.39. The standard InChI is InChI=1S/C14H14ClN3/c1-2-12-13(15)16-9-17-14(12)18-7-10-5-3-4-6-11(10)8-18/h3-6,9H,2,7-8H2,1H3. The highest BCUT2D eigenvalue weighted by Crippen LogP contribution is 2.31. The summed E-state index contributed by atoms with van der Waals surface area (Å²) in [4.78, 5) is 10.7. The normalized spacial score (nSPS) is 13.8. The fourth-order valence-electron chi connectivity index (χ4n) is 2.44. The van der Waals surface area contributed by atoms with Crippen molar-refractivity contribution < 1.29 is 0 Å². The molecule has 3 nitrogen and oxygen atoms in total. The molecule has 0 radical (unpaired) electrons. The van der Waals surface area contributed by atoms with Crippen LogP contribution in [0.2, 0.25) is 5.15 Å². The van der Waals surface area contributed by atoms with Gasteiger partial charge in [-0.2, -0.15) is 0 Å². The van der Waals surface area contributed by atoms with Crippen molar-refractivity contribution in [2.45, 2.75) is 26.4 Å². The van der Waals surface area contributed by atoms with E-state index in [2.05, 4.69) is 46.1 Å². The van der Waals surface area contributed by atoms with Gasteiger partial charge in [-0.15, -0.1) is 0 Å². The molecule has 1 aromatic carbocycles. The molecule has 0 atom stereocenters. The predicted octanol–water partition coefficient (Wildman–Crippen LogP) is 3.21. The zero-order valence-electron chi connectivity index (χ0n) is 10.2. The molecule has 2 heterocycles. The molecule has 1 aliphatic heterocycles. The van der Waals surface area contributed by atoms with E-state index in [1.54, 1.807) is 6.33 Å². The number of aromatic nitrogens is 2. The van der Waals surface area contributed by atoms with Crippen molar-refractivity contribution in [3.8, 4) is 0 Å². The number of anilines is 1. The second kappa shape index (κ2) is 4.58. The first-order valence-corrected chi connectivity index (χ1v) is 6.48. The molecule has 0 saturated heterocycles. The third kappa shape index (κ3) is 1.85. The molecule has 0 bridgehead atoms. The van der Waals surface area contributed by atoms with Crippen LogP contribution in [-0.2, 0) is 19.5 Å². The first kappa shape index (κ1) is 11.5. The highest BCUT2D eigenvalue weighted by atomic mass is 35.5. The van der Waals surface area contributed by atoms with Crippen molar-refractivity contribution in [1.82, 2.24) is 9.97 Å². The molecule has 92 valence electrons. The lowest BCUT2D eigenvalue weighted by Gasteiger charge is -2.19. The molecule has 0 saturated carbocycles. The van der Waals surface area contributed by atoms with Crippen molar-refractivity contribution in [2.24, 2.45) is 0 Å². The van der Waals surface area contributed by atoms with E-state index in [1.807, 2.05) is 0 Å². The predicted molar refractivity (Wildman–Crippen MR) is 72.7 cm³/mol. The van der Waals surface area contributed by atoms with Crippen LogP contribution in [0.15, 0.2) is 30.6 Å². The summed E-state index contributed by atoms with van der Waals surface area (Å²) in [5.74, 6) is 0.966. The molecule has 18 heavy (non-hydrogen) atoms. The maximum absolute atomic E-state index is 6.14. The van der Waals surface area contributed by atoms with Crippen LogP contribution in [0.3, 0.4) is 0 Å². The molecular weight excluding hydrogens is 246 g/mol. The minimum atomic E-state index is 0.568. The number of rotatable bonds is 2. The topological polar surface area (TPSA) is 29.0 Å². The maximum atomic E-state index is 6.14. The number of hydrogen-bond donors (Lipinski definition) is 0. The number of benzene rings is 1. The van der Waals surface area contributed by atoms with Gasteiger partial charge in [-0.25, -0.2) is 9.97 Å². The molecule has 2 aromatic rings. The smallest absolute Gasteiger partial charge is 0.137 e. The van der Waals surface area contributed by atoms with Gasteiger partial charge in [-0.05, 0) is 17.5 Å². The van der Waals surface area contributed by atoms with E-state index in [0.717, 1.165) is 30.9 Å². The molecule has 0 N–H and O–H groups in total. The van der Waals surface area contributed by atoms with Crippen molar-refractivity contribution >= 4 is 17.4 Å². The first-order valence-electron chi connectivity index (χ1n) is 6.10. The monoisotopic (exact) mass is 259 g/mol. The fraction of sp³-hybridized carbons (Fsp3) is 0.286. The molecule has 1 aliphatic rings. The van der Waals surface area contributed by atoms with Gasteiger partial charge in [0.1, 0.15) is 17.3 Å². The molecule has 0 amide bonds. The Morgan fingerprint density at radius 1 is 1.17 bits per heavy atom. The SMILES string of the molecule is CCc1c(Cl)ncnc1N1Cc2ccccc2C1. The van der Waals surface area contributed by atoms with Crippen molar-refractivity contribution in [3.63, 3.8) is 0 Å². The Morgan fingerprint density at radius 2 is 1.83 bits per heavy atom. The molecular formula is C14H14ClN3. The van der Waals surface area contributed by atoms with E-state index >= 15 is 0 Å². The molecule has 0 aliphatic carbocycles. The minimum Gasteiger partial charge on any atom is -0.348 e. The van der Waals surface area contributed by atoms with Crippen molar-refractivity contribution in [1.29, 1.82) is 0 Å². The van der Waals surface area contributed by atoms with Gasteiger partial charge >= 0.3 is 0 Å². The summed E-state index contributed by atoms with van der Waals surface area (Å²) in [6, 6.07) is 8.50. The molecule has 0 spiro atoms. The van der Waals surface area contributed by atoms with Gasteiger partial charge in [-0.1, -0.05) is 42.8 Å². The third-order valence-corrected chi connectivity index (χ3v) is 3.69. The highest BCUT2D eigenvalue weighted by molar-refractivity contribution is 6.30. The third-order valence-electron chi connectivity index (χ3n) is 3.36. The van der Waals surface area contributed by atoms with Crippen molar-refractivity contribution in [2.75, 3.05) is 4.90 Å². The second-order valence-corrected chi connectivity index (χ2v) is 4.80. The largest absolute Gasteiger partial charge is 0.348 e. The molecule has 1 aromatic heterocycles. The van der Waals surface area contributed by atoms with Crippen LogP contribution in [0, 0.1) is 0 Å². The van der Waals surface area contributed by atoms with Crippen LogP contribution in [0.1, 0.15) is 23.6 Å². The zero-order valence-corrected chi connectivity index (χ0v) is 11.0. The number of nitrogens with zero attached hydrogens (tertiary/aromatic N) is 3. The molecule has 3 rings (SSSR count). The van der Waals surface area contributed by atoms with Crippen LogP contribution < -0.4 is 4.90 Å². The Labute approximate surface area is 111 Å². The van der Waals surface area contributed by atoms with Crippen LogP contribution in [0.4, 0.5) is 5.82 Å². The van der Waals surface area contributed by atoms with E-state index in [0.29, 0.717) is 5.15 Å². The van der Waals surface area contributed by atoms with E-state index in [9.17, 15) is 0 Å². The summed E-state index contributed by atoms with van der Waals surface area (Å²) in [6.45, 7) is 3.88. The average Bonchev–Trinajstić information content (AvgIpc) is 2.82. The van der Waals surface area contributed by atoms with E-state index in [-0.39, 0.29) is 0 Å². The first-order chi connectivity index (χ1) is 8.79. The van der Waals surface area contributed by atoms with E-state index in [4.69, 9.17) is 11.6 Å². The van der Waals surface area contributed by atoms with Gasteiger partial charge in [0.25, 0.3) is 0 Å². The summed E-state index contributed by atoms with van der Waals surface area (Å²) < 4.78 is 0. The van der Waals surface area contributed by atoms with Crippen LogP contribution in [0.5, 0.6) is 0 Å². The van der Waals surface area contributed by atoms with Gasteiger partial charge in [-0.3, -0.25) is 0 Å². The summed E-state index contributed by atoms with van der Waals surface area (Å²) in [5.41, 5.74) is 3.77. The van der Waals surface area contributed by atoms with Crippen LogP contribution in [0.25, 0.3) is 0 Å². The summed E-state index contributed by atoms with van der Waals surface area (Å²) >= 11 is 6.14. The lowest BCUT2D eigenvalue weighted by atomic mass is 10.1. The maximum Gasteiger partial charge on any atom is 0.137 e. The lowest BCUT2D eigenvalue weighted by molar-refractivity contribution is 0.834.